The molecule has 1 aliphatic carbocycles. The molecule has 1 aromatic carbocycles. The molecule has 0 aliphatic heterocycles. The fraction of sp³-hybridized carbons (Fsp3) is 0.538. The summed E-state index contributed by atoms with van der Waals surface area (Å²) in [6.07, 6.45) is 2.60. The maximum Gasteiger partial charge on any atom is 0.159 e. The second-order valence-corrected chi connectivity index (χ2v) is 6.72. The van der Waals surface area contributed by atoms with Crippen LogP contribution in [0.15, 0.2) is 0 Å². The Morgan fingerprint density at radius 2 is 1.50 bits per heavy atom. The van der Waals surface area contributed by atoms with Crippen LogP contribution in [0, 0.1) is 5.92 Å². The summed E-state index contributed by atoms with van der Waals surface area (Å²) in [5.41, 5.74) is 0. The van der Waals surface area contributed by atoms with E-state index in [1.165, 1.54) is 12.8 Å². The van der Waals surface area contributed by atoms with E-state index in [9.17, 15) is 0 Å². The summed E-state index contributed by atoms with van der Waals surface area (Å²) in [5, 5.41) is 4.19. The number of benzene rings is 1. The van der Waals surface area contributed by atoms with Crippen molar-refractivity contribution in [2.75, 3.05) is 13.2 Å². The summed E-state index contributed by atoms with van der Waals surface area (Å²) >= 11 is 30.0. The second kappa shape index (κ2) is 7.13. The number of rotatable bonds is 6. The van der Waals surface area contributed by atoms with E-state index in [0.29, 0.717) is 19.2 Å². The number of halogens is 5. The zero-order chi connectivity index (χ0) is 14.9. The maximum atomic E-state index is 6.07. The average molecular weight is 378 g/mol. The first-order chi connectivity index (χ1) is 9.43. The zero-order valence-corrected chi connectivity index (χ0v) is 14.6. The van der Waals surface area contributed by atoms with E-state index in [-0.39, 0.29) is 30.9 Å². The molecule has 1 saturated carbocycles. The van der Waals surface area contributed by atoms with Gasteiger partial charge in [0.1, 0.15) is 16.7 Å². The van der Waals surface area contributed by atoms with E-state index in [1.807, 2.05) is 0 Å². The fourth-order valence-electron chi connectivity index (χ4n) is 1.91. The smallest absolute Gasteiger partial charge is 0.159 e. The van der Waals surface area contributed by atoms with Gasteiger partial charge in [0.2, 0.25) is 0 Å². The van der Waals surface area contributed by atoms with E-state index < -0.39 is 0 Å². The van der Waals surface area contributed by atoms with Crippen molar-refractivity contribution in [2.45, 2.75) is 25.8 Å². The zero-order valence-electron chi connectivity index (χ0n) is 10.8. The summed E-state index contributed by atoms with van der Waals surface area (Å²) in [7, 11) is 0. The molecule has 1 N–H and O–H groups in total. The number of hydrogen-bond donors (Lipinski definition) is 1. The van der Waals surface area contributed by atoms with Crippen molar-refractivity contribution in [3.05, 3.63) is 25.1 Å². The normalized spacial score (nSPS) is 16.3. The van der Waals surface area contributed by atoms with Crippen LogP contribution in [0.3, 0.4) is 0 Å². The average Bonchev–Trinajstić information content (AvgIpc) is 3.26. The van der Waals surface area contributed by atoms with Crippen molar-refractivity contribution in [3.63, 3.8) is 0 Å². The van der Waals surface area contributed by atoms with Gasteiger partial charge in [-0.2, -0.15) is 0 Å². The third-order valence-electron chi connectivity index (χ3n) is 3.31. The van der Waals surface area contributed by atoms with Gasteiger partial charge in [-0.25, -0.2) is 0 Å². The van der Waals surface area contributed by atoms with Crippen LogP contribution in [0.2, 0.25) is 25.1 Å². The maximum absolute atomic E-state index is 6.07. The Hall–Kier alpha value is 0.430. The van der Waals surface area contributed by atoms with Gasteiger partial charge in [-0.05, 0) is 25.7 Å². The molecule has 0 amide bonds. The largest absolute Gasteiger partial charge is 0.489 e. The molecule has 20 heavy (non-hydrogen) atoms. The molecule has 2 nitrogen and oxygen atoms in total. The molecule has 0 spiro atoms. The summed E-state index contributed by atoms with van der Waals surface area (Å²) in [5.74, 6) is 1.07. The third-order valence-corrected chi connectivity index (χ3v) is 5.56. The minimum Gasteiger partial charge on any atom is -0.489 e. The molecular formula is C13H14Cl5NO. The predicted molar refractivity (Wildman–Crippen MR) is 87.2 cm³/mol. The first kappa shape index (κ1) is 16.8. The highest BCUT2D eigenvalue weighted by Gasteiger charge is 2.27. The van der Waals surface area contributed by atoms with Gasteiger partial charge in [-0.3, -0.25) is 0 Å². The van der Waals surface area contributed by atoms with Crippen LogP contribution in [0.4, 0.5) is 0 Å². The van der Waals surface area contributed by atoms with Gasteiger partial charge in [-0.15, -0.1) is 0 Å². The van der Waals surface area contributed by atoms with Crippen LogP contribution >= 0.6 is 58.0 Å². The van der Waals surface area contributed by atoms with Crippen molar-refractivity contribution in [1.29, 1.82) is 0 Å². The number of ether oxygens (including phenoxy) is 1. The van der Waals surface area contributed by atoms with Crippen LogP contribution in [0.1, 0.15) is 19.8 Å². The Kier molecular flexibility index (Phi) is 5.98. The lowest BCUT2D eigenvalue weighted by molar-refractivity contribution is 0.303. The molecule has 0 aromatic heterocycles. The van der Waals surface area contributed by atoms with Gasteiger partial charge in [0, 0.05) is 12.6 Å². The topological polar surface area (TPSA) is 21.3 Å². The predicted octanol–water partition coefficient (Wildman–Crippen LogP) is 5.72. The Bertz CT molecular complexity index is 475. The molecule has 1 aliphatic rings. The monoisotopic (exact) mass is 375 g/mol. The summed E-state index contributed by atoms with van der Waals surface area (Å²) in [6, 6.07) is 0.502. The highest BCUT2D eigenvalue weighted by molar-refractivity contribution is 6.55. The molecule has 0 heterocycles. The van der Waals surface area contributed by atoms with E-state index in [1.54, 1.807) is 0 Å². The minimum atomic E-state index is 0.135. The van der Waals surface area contributed by atoms with Crippen molar-refractivity contribution in [3.8, 4) is 5.75 Å². The SMILES string of the molecule is CC(NCCOc1c(Cl)c(Cl)c(Cl)c(Cl)c1Cl)C1CC1. The van der Waals surface area contributed by atoms with E-state index >= 15 is 0 Å². The molecule has 1 atom stereocenters. The van der Waals surface area contributed by atoms with Crippen LogP contribution in [0.5, 0.6) is 5.75 Å². The molecule has 1 aromatic rings. The summed E-state index contributed by atoms with van der Waals surface area (Å²) in [4.78, 5) is 0. The van der Waals surface area contributed by atoms with Crippen LogP contribution < -0.4 is 10.1 Å². The van der Waals surface area contributed by atoms with Gasteiger partial charge in [0.25, 0.3) is 0 Å². The Morgan fingerprint density at radius 1 is 1.00 bits per heavy atom. The molecule has 1 unspecified atom stereocenters. The van der Waals surface area contributed by atoms with Crippen molar-refractivity contribution < 1.29 is 4.74 Å². The van der Waals surface area contributed by atoms with Crippen LogP contribution in [-0.2, 0) is 0 Å². The van der Waals surface area contributed by atoms with Gasteiger partial charge in [0.05, 0.1) is 15.1 Å². The van der Waals surface area contributed by atoms with Crippen LogP contribution in [0.25, 0.3) is 0 Å². The Morgan fingerprint density at radius 3 is 2.00 bits per heavy atom. The second-order valence-electron chi connectivity index (χ2n) is 4.83. The van der Waals surface area contributed by atoms with E-state index in [4.69, 9.17) is 62.7 Å². The molecule has 0 saturated heterocycles. The van der Waals surface area contributed by atoms with Gasteiger partial charge < -0.3 is 10.1 Å². The van der Waals surface area contributed by atoms with E-state index in [2.05, 4.69) is 12.2 Å². The summed E-state index contributed by atoms with van der Waals surface area (Å²) < 4.78 is 5.58. The lowest BCUT2D eigenvalue weighted by Gasteiger charge is -2.16. The van der Waals surface area contributed by atoms with Crippen molar-refractivity contribution in [2.24, 2.45) is 5.92 Å². The molecule has 7 heteroatoms. The lowest BCUT2D eigenvalue weighted by Crippen LogP contribution is -2.31. The van der Waals surface area contributed by atoms with E-state index in [0.717, 1.165) is 5.92 Å². The lowest BCUT2D eigenvalue weighted by atomic mass is 10.2. The molecule has 1 fully saturated rings. The molecule has 2 rings (SSSR count). The summed E-state index contributed by atoms with van der Waals surface area (Å²) in [6.45, 7) is 3.29. The van der Waals surface area contributed by atoms with Crippen LogP contribution in [-0.4, -0.2) is 19.2 Å². The number of nitrogens with one attached hydrogen (secondary N) is 1. The highest BCUT2D eigenvalue weighted by atomic mass is 35.5. The number of hydrogen-bond acceptors (Lipinski definition) is 2. The standard InChI is InChI=1S/C13H14Cl5NO/c1-6(7-2-3-7)19-4-5-20-13-11(17)9(15)8(14)10(16)12(13)18/h6-7,19H,2-5H2,1H3. The minimum absolute atomic E-state index is 0.135. The highest BCUT2D eigenvalue weighted by Crippen LogP contribution is 2.48. The van der Waals surface area contributed by atoms with Crippen molar-refractivity contribution >= 4 is 58.0 Å². The van der Waals surface area contributed by atoms with Gasteiger partial charge in [-0.1, -0.05) is 58.0 Å². The van der Waals surface area contributed by atoms with Crippen molar-refractivity contribution in [1.82, 2.24) is 5.32 Å². The quantitative estimate of drug-likeness (QED) is 0.389. The van der Waals surface area contributed by atoms with Gasteiger partial charge in [0.15, 0.2) is 5.75 Å². The Labute approximate surface area is 143 Å². The first-order valence-electron chi connectivity index (χ1n) is 6.31. The molecule has 0 bridgehead atoms. The fourth-order valence-corrected chi connectivity index (χ4v) is 3.14. The Balaban J connectivity index is 1.95. The molecule has 0 radical (unpaired) electrons. The van der Waals surface area contributed by atoms with Gasteiger partial charge >= 0.3 is 0 Å². The third kappa shape index (κ3) is 3.79. The molecule has 112 valence electrons. The molecular weight excluding hydrogens is 363 g/mol. The first-order valence-corrected chi connectivity index (χ1v) is 8.20.